The highest BCUT2D eigenvalue weighted by Crippen LogP contribution is 2.29. The first-order chi connectivity index (χ1) is 9.58. The van der Waals surface area contributed by atoms with E-state index >= 15 is 0 Å². The molecule has 6 heteroatoms. The van der Waals surface area contributed by atoms with Crippen molar-refractivity contribution < 1.29 is 4.79 Å². The minimum absolute atomic E-state index is 0.110. The highest BCUT2D eigenvalue weighted by Gasteiger charge is 2.19. The molecule has 20 heavy (non-hydrogen) atoms. The Morgan fingerprint density at radius 1 is 1.40 bits per heavy atom. The minimum atomic E-state index is 0.110. The van der Waals surface area contributed by atoms with Gasteiger partial charge in [-0.2, -0.15) is 0 Å². The molecule has 3 aromatic rings. The van der Waals surface area contributed by atoms with Crippen LogP contribution in [0.15, 0.2) is 12.4 Å². The molecular weight excluding hydrogens is 254 g/mol. The van der Waals surface area contributed by atoms with Crippen molar-refractivity contribution in [3.8, 4) is 0 Å². The van der Waals surface area contributed by atoms with Crippen LogP contribution in [0.2, 0.25) is 0 Å². The van der Waals surface area contributed by atoms with E-state index in [4.69, 9.17) is 5.73 Å². The van der Waals surface area contributed by atoms with Gasteiger partial charge in [-0.15, -0.1) is 0 Å². The highest BCUT2D eigenvalue weighted by molar-refractivity contribution is 6.09. The number of ketones is 1. The molecule has 0 aromatic carbocycles. The zero-order valence-electron chi connectivity index (χ0n) is 11.8. The Morgan fingerprint density at radius 2 is 2.15 bits per heavy atom. The zero-order valence-corrected chi connectivity index (χ0v) is 11.8. The standard InChI is InChI=1S/C14H17N5O/c1-4-10(20)9-6-8-12-11(16-7-18(12)3)13(15)17-14(8)19(9)5-2/h6-7H,4-5H2,1-3H3,(H2,15,17). The van der Waals surface area contributed by atoms with Gasteiger partial charge in [0.2, 0.25) is 0 Å². The second-order valence-corrected chi connectivity index (χ2v) is 4.84. The molecule has 0 saturated carbocycles. The molecule has 0 radical (unpaired) electrons. The van der Waals surface area contributed by atoms with Crippen LogP contribution in [0.3, 0.4) is 0 Å². The van der Waals surface area contributed by atoms with Gasteiger partial charge in [0.1, 0.15) is 11.2 Å². The number of carbonyl (C=O) groups excluding carboxylic acids is 1. The molecule has 0 amide bonds. The van der Waals surface area contributed by atoms with E-state index in [0.717, 1.165) is 16.6 Å². The summed E-state index contributed by atoms with van der Waals surface area (Å²) < 4.78 is 3.83. The van der Waals surface area contributed by atoms with E-state index in [1.54, 1.807) is 6.33 Å². The molecule has 0 bridgehead atoms. The fourth-order valence-corrected chi connectivity index (χ4v) is 2.67. The third-order valence-electron chi connectivity index (χ3n) is 3.65. The van der Waals surface area contributed by atoms with Gasteiger partial charge < -0.3 is 14.9 Å². The molecule has 0 fully saturated rings. The first-order valence-corrected chi connectivity index (χ1v) is 6.71. The minimum Gasteiger partial charge on any atom is -0.382 e. The molecule has 3 heterocycles. The van der Waals surface area contributed by atoms with E-state index in [2.05, 4.69) is 9.97 Å². The van der Waals surface area contributed by atoms with Gasteiger partial charge in [-0.25, -0.2) is 9.97 Å². The van der Waals surface area contributed by atoms with Crippen LogP contribution >= 0.6 is 0 Å². The number of Topliss-reactive ketones (excluding diaryl/α,β-unsaturated/α-hetero) is 1. The second kappa shape index (κ2) is 4.33. The van der Waals surface area contributed by atoms with Gasteiger partial charge >= 0.3 is 0 Å². The summed E-state index contributed by atoms with van der Waals surface area (Å²) in [6, 6.07) is 1.90. The van der Waals surface area contributed by atoms with Crippen LogP contribution in [0.1, 0.15) is 30.8 Å². The Balaban J connectivity index is 2.49. The van der Waals surface area contributed by atoms with Crippen LogP contribution in [0.4, 0.5) is 5.82 Å². The quantitative estimate of drug-likeness (QED) is 0.740. The fourth-order valence-electron chi connectivity index (χ4n) is 2.67. The number of anilines is 1. The number of aryl methyl sites for hydroxylation is 2. The van der Waals surface area contributed by atoms with E-state index in [1.165, 1.54) is 0 Å². The Bertz CT molecular complexity index is 827. The fraction of sp³-hybridized carbons (Fsp3) is 0.357. The number of nitrogens with zero attached hydrogens (tertiary/aromatic N) is 4. The number of fused-ring (bicyclic) bond motifs is 3. The summed E-state index contributed by atoms with van der Waals surface area (Å²) in [5.41, 5.74) is 9.03. The number of nitrogen functional groups attached to an aromatic ring is 1. The lowest BCUT2D eigenvalue weighted by atomic mass is 10.2. The van der Waals surface area contributed by atoms with Gasteiger partial charge in [-0.1, -0.05) is 6.92 Å². The molecular formula is C14H17N5O. The van der Waals surface area contributed by atoms with Crippen molar-refractivity contribution in [2.45, 2.75) is 26.8 Å². The summed E-state index contributed by atoms with van der Waals surface area (Å²) in [6.07, 6.45) is 2.19. The van der Waals surface area contributed by atoms with Crippen molar-refractivity contribution in [1.82, 2.24) is 19.1 Å². The van der Waals surface area contributed by atoms with Crippen molar-refractivity contribution in [2.75, 3.05) is 5.73 Å². The van der Waals surface area contributed by atoms with Crippen molar-refractivity contribution in [2.24, 2.45) is 7.05 Å². The summed E-state index contributed by atoms with van der Waals surface area (Å²) in [6.45, 7) is 4.54. The van der Waals surface area contributed by atoms with Crippen molar-refractivity contribution in [3.05, 3.63) is 18.1 Å². The Hall–Kier alpha value is -2.37. The maximum Gasteiger partial charge on any atom is 0.179 e. The Morgan fingerprint density at radius 3 is 2.80 bits per heavy atom. The van der Waals surface area contributed by atoms with E-state index in [-0.39, 0.29) is 5.78 Å². The Labute approximate surface area is 116 Å². The lowest BCUT2D eigenvalue weighted by Gasteiger charge is -2.06. The first-order valence-electron chi connectivity index (χ1n) is 6.71. The lowest BCUT2D eigenvalue weighted by molar-refractivity contribution is 0.0979. The molecule has 0 aliphatic carbocycles. The van der Waals surface area contributed by atoms with Gasteiger partial charge in [-0.3, -0.25) is 4.79 Å². The van der Waals surface area contributed by atoms with Crippen LogP contribution in [-0.2, 0) is 13.6 Å². The van der Waals surface area contributed by atoms with Crippen LogP contribution in [0, 0.1) is 0 Å². The predicted octanol–water partition coefficient (Wildman–Crippen LogP) is 2.12. The van der Waals surface area contributed by atoms with Gasteiger partial charge in [-0.05, 0) is 13.0 Å². The summed E-state index contributed by atoms with van der Waals surface area (Å²) in [5, 5.41) is 0.924. The molecule has 3 aromatic heterocycles. The van der Waals surface area contributed by atoms with E-state index < -0.39 is 0 Å². The molecule has 0 saturated heterocycles. The Kier molecular flexibility index (Phi) is 2.74. The summed E-state index contributed by atoms with van der Waals surface area (Å²) >= 11 is 0. The van der Waals surface area contributed by atoms with Gasteiger partial charge in [0.25, 0.3) is 0 Å². The second-order valence-electron chi connectivity index (χ2n) is 4.84. The third-order valence-corrected chi connectivity index (χ3v) is 3.65. The number of aromatic nitrogens is 4. The number of hydrogen-bond donors (Lipinski definition) is 1. The molecule has 104 valence electrons. The van der Waals surface area contributed by atoms with Crippen molar-refractivity contribution in [3.63, 3.8) is 0 Å². The molecule has 0 aliphatic rings. The summed E-state index contributed by atoms with van der Waals surface area (Å²) in [7, 11) is 1.92. The topological polar surface area (TPSA) is 78.7 Å². The monoisotopic (exact) mass is 271 g/mol. The van der Waals surface area contributed by atoms with Crippen molar-refractivity contribution >= 4 is 33.7 Å². The van der Waals surface area contributed by atoms with Crippen LogP contribution in [0.25, 0.3) is 22.1 Å². The summed E-state index contributed by atoms with van der Waals surface area (Å²) in [5.74, 6) is 0.509. The summed E-state index contributed by atoms with van der Waals surface area (Å²) in [4.78, 5) is 20.8. The lowest BCUT2D eigenvalue weighted by Crippen LogP contribution is -2.07. The molecule has 0 aliphatic heterocycles. The van der Waals surface area contributed by atoms with E-state index in [0.29, 0.717) is 30.0 Å². The number of imidazole rings is 1. The molecule has 6 nitrogen and oxygen atoms in total. The maximum absolute atomic E-state index is 12.1. The van der Waals surface area contributed by atoms with E-state index in [1.807, 2.05) is 36.1 Å². The largest absolute Gasteiger partial charge is 0.382 e. The van der Waals surface area contributed by atoms with Crippen LogP contribution < -0.4 is 5.73 Å². The van der Waals surface area contributed by atoms with Gasteiger partial charge in [0, 0.05) is 25.4 Å². The average Bonchev–Trinajstić information content (AvgIpc) is 2.99. The molecule has 3 rings (SSSR count). The molecule has 0 unspecified atom stereocenters. The zero-order chi connectivity index (χ0) is 14.4. The van der Waals surface area contributed by atoms with Crippen molar-refractivity contribution in [1.29, 1.82) is 0 Å². The normalized spacial score (nSPS) is 11.6. The van der Waals surface area contributed by atoms with E-state index in [9.17, 15) is 4.79 Å². The molecule has 2 N–H and O–H groups in total. The average molecular weight is 271 g/mol. The van der Waals surface area contributed by atoms with Crippen LogP contribution in [0.5, 0.6) is 0 Å². The smallest absolute Gasteiger partial charge is 0.179 e. The van der Waals surface area contributed by atoms with Crippen LogP contribution in [-0.4, -0.2) is 24.9 Å². The number of nitrogens with two attached hydrogens (primary N) is 1. The predicted molar refractivity (Wildman–Crippen MR) is 78.7 cm³/mol. The highest BCUT2D eigenvalue weighted by atomic mass is 16.1. The number of rotatable bonds is 3. The van der Waals surface area contributed by atoms with Gasteiger partial charge in [0.15, 0.2) is 11.6 Å². The maximum atomic E-state index is 12.1. The molecule has 0 atom stereocenters. The SMILES string of the molecule is CCC(=O)c1cc2c3c(ncn3C)c(N)nc2n1CC. The number of hydrogen-bond acceptors (Lipinski definition) is 4. The number of carbonyl (C=O) groups is 1. The number of pyridine rings is 1. The first kappa shape index (κ1) is 12.7. The third kappa shape index (κ3) is 1.54. The molecule has 0 spiro atoms. The van der Waals surface area contributed by atoms with Gasteiger partial charge in [0.05, 0.1) is 17.5 Å².